The fourth-order valence-electron chi connectivity index (χ4n) is 2.23. The van der Waals surface area contributed by atoms with Crippen molar-refractivity contribution in [1.29, 1.82) is 0 Å². The molecule has 4 nitrogen and oxygen atoms in total. The highest BCUT2D eigenvalue weighted by Gasteiger charge is 2.31. The Morgan fingerprint density at radius 2 is 2.11 bits per heavy atom. The molecule has 19 heavy (non-hydrogen) atoms. The van der Waals surface area contributed by atoms with Gasteiger partial charge in [-0.25, -0.2) is 0 Å². The Labute approximate surface area is 114 Å². The summed E-state index contributed by atoms with van der Waals surface area (Å²) in [6, 6.07) is 7.52. The summed E-state index contributed by atoms with van der Waals surface area (Å²) in [6.07, 6.45) is 2.29. The van der Waals surface area contributed by atoms with Crippen LogP contribution in [0.4, 0.5) is 0 Å². The molecule has 1 heterocycles. The molecular formula is C15H21NO3. The summed E-state index contributed by atoms with van der Waals surface area (Å²) in [5, 5.41) is 11.9. The highest BCUT2D eigenvalue weighted by Crippen LogP contribution is 2.29. The summed E-state index contributed by atoms with van der Waals surface area (Å²) in [5.74, 6) is 0.808. The van der Waals surface area contributed by atoms with Crippen LogP contribution in [0.5, 0.6) is 5.75 Å². The van der Waals surface area contributed by atoms with Crippen LogP contribution in [0.2, 0.25) is 0 Å². The Balaban J connectivity index is 1.87. The van der Waals surface area contributed by atoms with E-state index < -0.39 is 0 Å². The summed E-state index contributed by atoms with van der Waals surface area (Å²) in [6.45, 7) is 6.55. The van der Waals surface area contributed by atoms with Gasteiger partial charge in [-0.05, 0) is 63.4 Å². The predicted molar refractivity (Wildman–Crippen MR) is 74.1 cm³/mol. The summed E-state index contributed by atoms with van der Waals surface area (Å²) >= 11 is 0. The molecule has 0 amide bonds. The van der Waals surface area contributed by atoms with E-state index in [2.05, 4.69) is 19.0 Å². The molecule has 0 saturated carbocycles. The van der Waals surface area contributed by atoms with Crippen LogP contribution in [0.1, 0.15) is 39.2 Å². The molecule has 4 heteroatoms. The van der Waals surface area contributed by atoms with Crippen LogP contribution >= 0.6 is 0 Å². The summed E-state index contributed by atoms with van der Waals surface area (Å²) in [5.41, 5.74) is 1.45. The average molecular weight is 263 g/mol. The summed E-state index contributed by atoms with van der Waals surface area (Å²) in [7, 11) is 0. The predicted octanol–water partition coefficient (Wildman–Crippen LogP) is 3.22. The minimum Gasteiger partial charge on any atom is -0.491 e. The maximum absolute atomic E-state index is 8.69. The minimum absolute atomic E-state index is 0.0212. The van der Waals surface area contributed by atoms with Gasteiger partial charge in [0, 0.05) is 0 Å². The molecule has 104 valence electrons. The van der Waals surface area contributed by atoms with Gasteiger partial charge in [-0.1, -0.05) is 5.16 Å². The zero-order valence-electron chi connectivity index (χ0n) is 11.7. The molecule has 1 saturated heterocycles. The Kier molecular flexibility index (Phi) is 4.10. The van der Waals surface area contributed by atoms with Crippen LogP contribution in [-0.4, -0.2) is 29.2 Å². The van der Waals surface area contributed by atoms with Crippen LogP contribution in [0, 0.1) is 0 Å². The Morgan fingerprint density at radius 3 is 2.63 bits per heavy atom. The third-order valence-electron chi connectivity index (χ3n) is 3.41. The number of hydrogen-bond acceptors (Lipinski definition) is 4. The fraction of sp³-hybridized carbons (Fsp3) is 0.533. The van der Waals surface area contributed by atoms with E-state index in [9.17, 15) is 0 Å². The van der Waals surface area contributed by atoms with Gasteiger partial charge in [-0.2, -0.15) is 0 Å². The molecule has 1 aromatic carbocycles. The third kappa shape index (κ3) is 3.70. The first-order chi connectivity index (χ1) is 9.00. The number of oxime groups is 1. The molecule has 1 atom stereocenters. The topological polar surface area (TPSA) is 51.1 Å². The lowest BCUT2D eigenvalue weighted by atomic mass is 10.1. The van der Waals surface area contributed by atoms with E-state index >= 15 is 0 Å². The molecule has 0 bridgehead atoms. The van der Waals surface area contributed by atoms with Crippen LogP contribution in [-0.2, 0) is 4.74 Å². The quantitative estimate of drug-likeness (QED) is 0.515. The maximum atomic E-state index is 8.69. The lowest BCUT2D eigenvalue weighted by molar-refractivity contribution is -0.0326. The van der Waals surface area contributed by atoms with E-state index in [-0.39, 0.29) is 11.7 Å². The lowest BCUT2D eigenvalue weighted by Crippen LogP contribution is -2.23. The average Bonchev–Trinajstić information content (AvgIpc) is 2.76. The lowest BCUT2D eigenvalue weighted by Gasteiger charge is -2.19. The zero-order valence-corrected chi connectivity index (χ0v) is 11.7. The molecule has 2 rings (SSSR count). The van der Waals surface area contributed by atoms with Gasteiger partial charge in [-0.15, -0.1) is 0 Å². The van der Waals surface area contributed by atoms with Crippen molar-refractivity contribution < 1.29 is 14.7 Å². The van der Waals surface area contributed by atoms with Gasteiger partial charge in [0.15, 0.2) is 0 Å². The molecule has 1 aliphatic rings. The van der Waals surface area contributed by atoms with Crippen molar-refractivity contribution >= 4 is 5.71 Å². The molecule has 0 radical (unpaired) electrons. The number of nitrogens with zero attached hydrogens (tertiary/aromatic N) is 1. The number of benzene rings is 1. The molecule has 1 N–H and O–H groups in total. The number of hydrogen-bond donors (Lipinski definition) is 1. The van der Waals surface area contributed by atoms with Crippen LogP contribution in [0.15, 0.2) is 29.4 Å². The number of ether oxygens (including phenoxy) is 2. The van der Waals surface area contributed by atoms with Crippen molar-refractivity contribution in [3.63, 3.8) is 0 Å². The second-order valence-corrected chi connectivity index (χ2v) is 5.56. The van der Waals surface area contributed by atoms with Crippen molar-refractivity contribution in [1.82, 2.24) is 0 Å². The highest BCUT2D eigenvalue weighted by molar-refractivity contribution is 5.98. The van der Waals surface area contributed by atoms with Crippen molar-refractivity contribution in [2.75, 3.05) is 6.61 Å². The standard InChI is InChI=1S/C15H21NO3/c1-11(16-17)12-4-6-13(7-5-12)18-10-14-8-9-15(2,3)19-14/h4-7,14,17H,8-10H2,1-3H3/b16-11-. The van der Waals surface area contributed by atoms with Crippen molar-refractivity contribution in [3.05, 3.63) is 29.8 Å². The second kappa shape index (κ2) is 5.61. The van der Waals surface area contributed by atoms with Crippen LogP contribution in [0.25, 0.3) is 0 Å². The van der Waals surface area contributed by atoms with E-state index in [1.54, 1.807) is 6.92 Å². The first kappa shape index (κ1) is 13.9. The smallest absolute Gasteiger partial charge is 0.119 e. The normalized spacial score (nSPS) is 22.5. The molecular weight excluding hydrogens is 242 g/mol. The Morgan fingerprint density at radius 1 is 1.42 bits per heavy atom. The van der Waals surface area contributed by atoms with Crippen LogP contribution in [0.3, 0.4) is 0 Å². The molecule has 0 aromatic heterocycles. The van der Waals surface area contributed by atoms with E-state index in [0.29, 0.717) is 12.3 Å². The van der Waals surface area contributed by atoms with Gasteiger partial charge in [0.1, 0.15) is 12.4 Å². The molecule has 0 aliphatic carbocycles. The SMILES string of the molecule is C/C(=N/O)c1ccc(OCC2CCC(C)(C)O2)cc1. The third-order valence-corrected chi connectivity index (χ3v) is 3.41. The second-order valence-electron chi connectivity index (χ2n) is 5.56. The molecule has 1 aromatic rings. The molecule has 1 unspecified atom stereocenters. The minimum atomic E-state index is -0.0212. The Bertz CT molecular complexity index is 451. The zero-order chi connectivity index (χ0) is 13.9. The summed E-state index contributed by atoms with van der Waals surface area (Å²) in [4.78, 5) is 0. The molecule has 0 spiro atoms. The van der Waals surface area contributed by atoms with Gasteiger partial charge in [0.05, 0.1) is 17.4 Å². The molecule has 1 aliphatic heterocycles. The van der Waals surface area contributed by atoms with Gasteiger partial charge < -0.3 is 14.7 Å². The van der Waals surface area contributed by atoms with Crippen molar-refractivity contribution in [2.45, 2.75) is 45.3 Å². The number of rotatable bonds is 4. The van der Waals surface area contributed by atoms with E-state index in [1.807, 2.05) is 24.3 Å². The maximum Gasteiger partial charge on any atom is 0.119 e. The van der Waals surface area contributed by atoms with Gasteiger partial charge in [0.2, 0.25) is 0 Å². The van der Waals surface area contributed by atoms with Crippen LogP contribution < -0.4 is 4.74 Å². The van der Waals surface area contributed by atoms with E-state index in [1.165, 1.54) is 0 Å². The molecule has 1 fully saturated rings. The fourth-order valence-corrected chi connectivity index (χ4v) is 2.23. The van der Waals surface area contributed by atoms with Gasteiger partial charge in [0.25, 0.3) is 0 Å². The first-order valence-electron chi connectivity index (χ1n) is 6.60. The van der Waals surface area contributed by atoms with Gasteiger partial charge >= 0.3 is 0 Å². The van der Waals surface area contributed by atoms with Crippen molar-refractivity contribution in [2.24, 2.45) is 5.16 Å². The monoisotopic (exact) mass is 263 g/mol. The highest BCUT2D eigenvalue weighted by atomic mass is 16.6. The first-order valence-corrected chi connectivity index (χ1v) is 6.60. The van der Waals surface area contributed by atoms with Crippen molar-refractivity contribution in [3.8, 4) is 5.75 Å². The largest absolute Gasteiger partial charge is 0.491 e. The van der Waals surface area contributed by atoms with E-state index in [4.69, 9.17) is 14.7 Å². The van der Waals surface area contributed by atoms with E-state index in [0.717, 1.165) is 24.2 Å². The Hall–Kier alpha value is -1.55. The summed E-state index contributed by atoms with van der Waals surface area (Å²) < 4.78 is 11.6. The van der Waals surface area contributed by atoms with Gasteiger partial charge in [-0.3, -0.25) is 0 Å².